The van der Waals surface area contributed by atoms with Crippen LogP contribution in [-0.2, 0) is 25.6 Å². The minimum atomic E-state index is -1.34. The molecule has 1 aromatic rings. The average molecular weight is 510 g/mol. The minimum Gasteiger partial charge on any atom is -0.508 e. The Bertz CT molecular complexity index is 865. The molecule has 0 aliphatic heterocycles. The number of amides is 3. The van der Waals surface area contributed by atoms with Crippen LogP contribution >= 0.6 is 0 Å². The summed E-state index contributed by atoms with van der Waals surface area (Å²) in [7, 11) is 0. The highest BCUT2D eigenvalue weighted by Crippen LogP contribution is 2.13. The zero-order chi connectivity index (χ0) is 27.3. The van der Waals surface area contributed by atoms with E-state index in [9.17, 15) is 34.5 Å². The highest BCUT2D eigenvalue weighted by Gasteiger charge is 2.32. The third-order valence-electron chi connectivity index (χ3n) is 5.91. The molecule has 1 rings (SSSR count). The predicted octanol–water partition coefficient (Wildman–Crippen LogP) is -1.03. The molecule has 0 bridgehead atoms. The molecule has 0 saturated carbocycles. The van der Waals surface area contributed by atoms with E-state index < -0.39 is 54.5 Å². The third kappa shape index (κ3) is 10.2. The first-order chi connectivity index (χ1) is 17.0. The normalized spacial score (nSPS) is 15.1. The zero-order valence-electron chi connectivity index (χ0n) is 20.8. The molecule has 12 nitrogen and oxygen atoms in total. The van der Waals surface area contributed by atoms with Gasteiger partial charge in [-0.25, -0.2) is 4.79 Å². The van der Waals surface area contributed by atoms with Crippen LogP contribution in [0.2, 0.25) is 0 Å². The van der Waals surface area contributed by atoms with Crippen molar-refractivity contribution in [2.75, 3.05) is 13.2 Å². The Kier molecular flexibility index (Phi) is 13.4. The van der Waals surface area contributed by atoms with Crippen molar-refractivity contribution in [1.29, 1.82) is 0 Å². The molecule has 10 N–H and O–H groups in total. The summed E-state index contributed by atoms with van der Waals surface area (Å²) >= 11 is 0. The van der Waals surface area contributed by atoms with Crippen molar-refractivity contribution in [3.63, 3.8) is 0 Å². The Labute approximate surface area is 210 Å². The second-order valence-electron chi connectivity index (χ2n) is 8.78. The van der Waals surface area contributed by atoms with Gasteiger partial charge >= 0.3 is 5.97 Å². The molecule has 0 spiro atoms. The number of phenolic OH excluding ortho intramolecular Hbond substituents is 1. The number of carbonyl (C=O) groups is 4. The molecule has 202 valence electrons. The molecule has 3 amide bonds. The molecule has 36 heavy (non-hydrogen) atoms. The molecule has 0 aliphatic carbocycles. The highest BCUT2D eigenvalue weighted by molar-refractivity contribution is 5.94. The van der Waals surface area contributed by atoms with E-state index in [2.05, 4.69) is 16.0 Å². The number of aliphatic hydroxyl groups excluding tert-OH is 1. The molecular weight excluding hydrogens is 470 g/mol. The lowest BCUT2D eigenvalue weighted by Crippen LogP contribution is -2.59. The van der Waals surface area contributed by atoms with E-state index in [4.69, 9.17) is 11.5 Å². The van der Waals surface area contributed by atoms with E-state index in [-0.39, 0.29) is 18.1 Å². The topological polar surface area (TPSA) is 217 Å². The number of aliphatic carboxylic acids is 1. The number of aromatic hydroxyl groups is 1. The van der Waals surface area contributed by atoms with E-state index in [1.807, 2.05) is 0 Å². The summed E-state index contributed by atoms with van der Waals surface area (Å²) in [4.78, 5) is 49.9. The van der Waals surface area contributed by atoms with E-state index in [0.717, 1.165) is 0 Å². The first-order valence-corrected chi connectivity index (χ1v) is 12.0. The Morgan fingerprint density at radius 1 is 0.944 bits per heavy atom. The largest absolute Gasteiger partial charge is 0.508 e. The van der Waals surface area contributed by atoms with Crippen LogP contribution in [0.5, 0.6) is 5.75 Å². The van der Waals surface area contributed by atoms with Gasteiger partial charge in [-0.1, -0.05) is 38.8 Å². The number of hydrogen-bond acceptors (Lipinski definition) is 8. The molecule has 0 fully saturated rings. The van der Waals surface area contributed by atoms with E-state index in [1.54, 1.807) is 26.0 Å². The fraction of sp³-hybridized carbons (Fsp3) is 0.583. The minimum absolute atomic E-state index is 0.0243. The number of carboxylic acids is 1. The van der Waals surface area contributed by atoms with Gasteiger partial charge in [-0.2, -0.15) is 0 Å². The lowest BCUT2D eigenvalue weighted by atomic mass is 9.97. The van der Waals surface area contributed by atoms with Crippen molar-refractivity contribution in [3.05, 3.63) is 29.8 Å². The Balaban J connectivity index is 2.89. The highest BCUT2D eigenvalue weighted by atomic mass is 16.4. The maximum Gasteiger partial charge on any atom is 0.326 e. The van der Waals surface area contributed by atoms with Crippen molar-refractivity contribution in [1.82, 2.24) is 16.0 Å². The summed E-state index contributed by atoms with van der Waals surface area (Å²) in [6.07, 6.45) is 2.13. The summed E-state index contributed by atoms with van der Waals surface area (Å²) in [5.41, 5.74) is 11.8. The number of carbonyl (C=O) groups excluding carboxylic acids is 3. The molecule has 0 aromatic heterocycles. The second kappa shape index (κ2) is 15.7. The Morgan fingerprint density at radius 3 is 2.08 bits per heavy atom. The second-order valence-corrected chi connectivity index (χ2v) is 8.78. The molecular formula is C24H39N5O7. The van der Waals surface area contributed by atoms with Gasteiger partial charge in [-0.3, -0.25) is 14.4 Å². The van der Waals surface area contributed by atoms with E-state index in [1.165, 1.54) is 12.1 Å². The number of carboxylic acid groups (broad SMARTS) is 1. The quantitative estimate of drug-likeness (QED) is 0.128. The van der Waals surface area contributed by atoms with Crippen molar-refractivity contribution >= 4 is 23.7 Å². The number of benzene rings is 1. The molecule has 0 radical (unpaired) electrons. The van der Waals surface area contributed by atoms with Crippen molar-refractivity contribution in [3.8, 4) is 5.75 Å². The average Bonchev–Trinajstić information content (AvgIpc) is 2.85. The summed E-state index contributed by atoms with van der Waals surface area (Å²) in [6.45, 7) is 3.25. The monoisotopic (exact) mass is 509 g/mol. The molecule has 5 atom stereocenters. The van der Waals surface area contributed by atoms with Crippen molar-refractivity contribution < 1.29 is 34.5 Å². The van der Waals surface area contributed by atoms with Gasteiger partial charge in [0, 0.05) is 6.42 Å². The van der Waals surface area contributed by atoms with Crippen LogP contribution in [0.4, 0.5) is 0 Å². The van der Waals surface area contributed by atoms with Gasteiger partial charge in [0.15, 0.2) is 0 Å². The van der Waals surface area contributed by atoms with E-state index >= 15 is 0 Å². The third-order valence-corrected chi connectivity index (χ3v) is 5.91. The zero-order valence-corrected chi connectivity index (χ0v) is 20.8. The van der Waals surface area contributed by atoms with Gasteiger partial charge in [0.1, 0.15) is 23.9 Å². The number of phenols is 1. The number of aliphatic hydroxyl groups is 1. The predicted molar refractivity (Wildman–Crippen MR) is 133 cm³/mol. The van der Waals surface area contributed by atoms with Gasteiger partial charge in [0.2, 0.25) is 17.7 Å². The van der Waals surface area contributed by atoms with Gasteiger partial charge in [-0.15, -0.1) is 0 Å². The lowest BCUT2D eigenvalue weighted by molar-refractivity contribution is -0.142. The van der Waals surface area contributed by atoms with Crippen LogP contribution < -0.4 is 27.4 Å². The number of nitrogens with two attached hydrogens (primary N) is 2. The first-order valence-electron chi connectivity index (χ1n) is 12.0. The lowest BCUT2D eigenvalue weighted by Gasteiger charge is -2.27. The number of unbranched alkanes of at least 4 members (excludes halogenated alkanes) is 1. The molecule has 0 saturated heterocycles. The van der Waals surface area contributed by atoms with Crippen LogP contribution in [0, 0.1) is 5.92 Å². The molecule has 0 aliphatic rings. The van der Waals surface area contributed by atoms with Crippen LogP contribution in [0.3, 0.4) is 0 Å². The van der Waals surface area contributed by atoms with Crippen LogP contribution in [-0.4, -0.2) is 76.3 Å². The summed E-state index contributed by atoms with van der Waals surface area (Å²) in [5.74, 6) is -3.77. The summed E-state index contributed by atoms with van der Waals surface area (Å²) in [5, 5.41) is 36.0. The van der Waals surface area contributed by atoms with Crippen LogP contribution in [0.25, 0.3) is 0 Å². The standard InChI is InChI=1S/C24H39N5O7/c1-3-14(2)20(23(34)27-18(24(35)36)12-15-7-9-16(31)10-8-15)29-22(33)19(13-30)28-21(32)17(26)6-4-5-11-25/h7-10,14,17-20,30-31H,3-6,11-13,25-26H2,1-2H3,(H,27,34)(H,28,32)(H,29,33)(H,35,36). The maximum absolute atomic E-state index is 13.0. The number of rotatable bonds is 16. The van der Waals surface area contributed by atoms with Gasteiger partial charge in [0.25, 0.3) is 0 Å². The molecule has 12 heteroatoms. The molecule has 0 heterocycles. The molecule has 1 aromatic carbocycles. The van der Waals surface area contributed by atoms with Crippen molar-refractivity contribution in [2.24, 2.45) is 17.4 Å². The fourth-order valence-electron chi connectivity index (χ4n) is 3.40. The van der Waals surface area contributed by atoms with Crippen molar-refractivity contribution in [2.45, 2.75) is 70.1 Å². The maximum atomic E-state index is 13.0. The molecule has 5 unspecified atom stereocenters. The number of hydrogen-bond donors (Lipinski definition) is 8. The van der Waals surface area contributed by atoms with Gasteiger partial charge in [-0.05, 0) is 43.0 Å². The van der Waals surface area contributed by atoms with Gasteiger partial charge < -0.3 is 42.7 Å². The van der Waals surface area contributed by atoms with Crippen LogP contribution in [0.15, 0.2) is 24.3 Å². The van der Waals surface area contributed by atoms with E-state index in [0.29, 0.717) is 37.8 Å². The summed E-state index contributed by atoms with van der Waals surface area (Å²) in [6, 6.07) is 1.27. The fourth-order valence-corrected chi connectivity index (χ4v) is 3.40. The van der Waals surface area contributed by atoms with Gasteiger partial charge in [0.05, 0.1) is 12.6 Å². The Morgan fingerprint density at radius 2 is 1.56 bits per heavy atom. The Hall–Kier alpha value is -3.22. The summed E-state index contributed by atoms with van der Waals surface area (Å²) < 4.78 is 0. The number of nitrogens with one attached hydrogen (secondary N) is 3. The first kappa shape index (κ1) is 30.8. The SMILES string of the molecule is CCC(C)C(NC(=O)C(CO)NC(=O)C(N)CCCCN)C(=O)NC(Cc1ccc(O)cc1)C(=O)O. The van der Waals surface area contributed by atoms with Crippen LogP contribution in [0.1, 0.15) is 45.1 Å². The smallest absolute Gasteiger partial charge is 0.326 e.